The lowest BCUT2D eigenvalue weighted by Gasteiger charge is -2.44. The molecule has 1 fully saturated rings. The molecule has 15 N–H and O–H groups in total. The Bertz CT molecular complexity index is 2720. The number of phenolic OH excluding ortho intramolecular Hbond substituents is 15. The molecule has 0 aliphatic carbocycles. The van der Waals surface area contributed by atoms with Gasteiger partial charge in [-0.15, -0.1) is 0 Å². The van der Waals surface area contributed by atoms with Crippen LogP contribution in [0.5, 0.6) is 86.2 Å². The summed E-state index contributed by atoms with van der Waals surface area (Å²) in [7, 11) is 0. The maximum absolute atomic E-state index is 14.0. The van der Waals surface area contributed by atoms with E-state index in [9.17, 15) is 101 Å². The standard InChI is InChI=1S/C42H34O25/c43-18(13-1-19(44)31(54)20(45)2-13)11-29-36(65-40(60)15-5-23(48)33(56)24(49)6-15)38(67-42(62)17-9-27(52)35(58)28(53)10-17)37(66-41(61)16-7-25(50)34(57)26(51)8-16)30(64-29)12-63-39(59)14-3-21(46)32(55)22(47)4-14/h1-10,29-30,36-38,44-58H,11-12H2. The first kappa shape index (κ1) is 47.1. The molecule has 0 bridgehead atoms. The van der Waals surface area contributed by atoms with Crippen LogP contribution >= 0.6 is 0 Å². The monoisotopic (exact) mass is 938 g/mol. The number of rotatable bonds is 12. The van der Waals surface area contributed by atoms with Crippen molar-refractivity contribution in [3.05, 3.63) is 88.5 Å². The highest BCUT2D eigenvalue weighted by Gasteiger charge is 2.53. The van der Waals surface area contributed by atoms with Crippen molar-refractivity contribution >= 4 is 29.7 Å². The van der Waals surface area contributed by atoms with Crippen molar-refractivity contribution in [3.8, 4) is 86.2 Å². The molecule has 0 spiro atoms. The molecule has 1 saturated heterocycles. The summed E-state index contributed by atoms with van der Waals surface area (Å²) in [5, 5.41) is 151. The highest BCUT2D eigenvalue weighted by molar-refractivity contribution is 5.98. The van der Waals surface area contributed by atoms with Crippen LogP contribution in [0.1, 0.15) is 58.2 Å². The summed E-state index contributed by atoms with van der Waals surface area (Å²) >= 11 is 0. The molecule has 1 heterocycles. The number of phenols is 15. The van der Waals surface area contributed by atoms with Crippen LogP contribution in [0, 0.1) is 0 Å². The lowest BCUT2D eigenvalue weighted by atomic mass is 9.90. The fraction of sp³-hybridized carbons (Fsp3) is 0.167. The van der Waals surface area contributed by atoms with Gasteiger partial charge in [0.25, 0.3) is 0 Å². The van der Waals surface area contributed by atoms with E-state index in [1.54, 1.807) is 0 Å². The second-order valence-corrected chi connectivity index (χ2v) is 14.4. The van der Waals surface area contributed by atoms with Gasteiger partial charge in [0.15, 0.2) is 110 Å². The summed E-state index contributed by atoms with van der Waals surface area (Å²) < 4.78 is 28.3. The number of hydrogen-bond acceptors (Lipinski definition) is 25. The van der Waals surface area contributed by atoms with Crippen molar-refractivity contribution in [2.75, 3.05) is 6.61 Å². The maximum Gasteiger partial charge on any atom is 0.338 e. The average molecular weight is 939 g/mol. The number of aromatic hydroxyl groups is 15. The summed E-state index contributed by atoms with van der Waals surface area (Å²) in [5.41, 5.74) is -3.50. The number of ether oxygens (including phenoxy) is 5. The average Bonchev–Trinajstić information content (AvgIpc) is 3.27. The number of Topliss-reactive ketones (excluding diaryl/α,β-unsaturated/α-hetero) is 1. The van der Waals surface area contributed by atoms with Crippen LogP contribution in [0.15, 0.2) is 60.7 Å². The number of benzene rings is 5. The molecule has 1 aliphatic rings. The molecular formula is C42H34O25. The number of hydrogen-bond donors (Lipinski definition) is 15. The summed E-state index contributed by atoms with van der Waals surface area (Å²) in [5.74, 6) is -23.3. The van der Waals surface area contributed by atoms with Crippen molar-refractivity contribution in [1.82, 2.24) is 0 Å². The number of ketones is 1. The predicted molar refractivity (Wildman–Crippen MR) is 213 cm³/mol. The van der Waals surface area contributed by atoms with Crippen LogP contribution in [0.25, 0.3) is 0 Å². The maximum atomic E-state index is 14.0. The lowest BCUT2D eigenvalue weighted by Crippen LogP contribution is -2.62. The van der Waals surface area contributed by atoms with Crippen molar-refractivity contribution in [2.45, 2.75) is 36.9 Å². The van der Waals surface area contributed by atoms with E-state index >= 15 is 0 Å². The third-order valence-electron chi connectivity index (χ3n) is 9.84. The quantitative estimate of drug-likeness (QED) is 0.0369. The number of esters is 4. The molecule has 0 saturated carbocycles. The fourth-order valence-electron chi connectivity index (χ4n) is 6.48. The second kappa shape index (κ2) is 18.4. The molecule has 25 nitrogen and oxygen atoms in total. The van der Waals surface area contributed by atoms with Crippen LogP contribution < -0.4 is 0 Å². The van der Waals surface area contributed by atoms with Gasteiger partial charge in [-0.1, -0.05) is 0 Å². The Morgan fingerprint density at radius 3 is 0.925 bits per heavy atom. The number of carbonyl (C=O) groups excluding carboxylic acids is 5. The third-order valence-corrected chi connectivity index (χ3v) is 9.84. The Kier molecular flexibility index (Phi) is 12.9. The van der Waals surface area contributed by atoms with Crippen LogP contribution in [-0.2, 0) is 23.7 Å². The SMILES string of the molecule is O=C(CC1OC(COC(=O)c2cc(O)c(O)c(O)c2)C(OC(=O)c2cc(O)c(O)c(O)c2)C(OC(=O)c2cc(O)c(O)c(O)c2)C1OC(=O)c1cc(O)c(O)c(O)c1)c1cc(O)c(O)c(O)c1. The van der Waals surface area contributed by atoms with E-state index in [0.29, 0.717) is 60.7 Å². The Balaban J connectivity index is 1.52. The summed E-state index contributed by atoms with van der Waals surface area (Å²) in [4.78, 5) is 68.9. The van der Waals surface area contributed by atoms with Crippen LogP contribution in [0.2, 0.25) is 0 Å². The first-order valence-electron chi connectivity index (χ1n) is 18.7. The molecule has 5 atom stereocenters. The normalized spacial score (nSPS) is 17.8. The smallest absolute Gasteiger partial charge is 0.338 e. The van der Waals surface area contributed by atoms with Crippen LogP contribution in [-0.4, -0.2) is 143 Å². The Morgan fingerprint density at radius 1 is 0.358 bits per heavy atom. The van der Waals surface area contributed by atoms with Gasteiger partial charge in [-0.3, -0.25) is 4.79 Å². The van der Waals surface area contributed by atoms with Gasteiger partial charge in [0.05, 0.1) is 22.3 Å². The van der Waals surface area contributed by atoms with Crippen molar-refractivity contribution < 1.29 is 124 Å². The van der Waals surface area contributed by atoms with E-state index in [1.165, 1.54) is 0 Å². The van der Waals surface area contributed by atoms with Gasteiger partial charge in [-0.05, 0) is 60.7 Å². The highest BCUT2D eigenvalue weighted by atomic mass is 16.7. The molecule has 0 aromatic heterocycles. The second-order valence-electron chi connectivity index (χ2n) is 14.4. The van der Waals surface area contributed by atoms with Gasteiger partial charge < -0.3 is 100 Å². The molecule has 6 rings (SSSR count). The van der Waals surface area contributed by atoms with Gasteiger partial charge in [0, 0.05) is 12.0 Å². The molecule has 0 radical (unpaired) electrons. The molecule has 67 heavy (non-hydrogen) atoms. The molecule has 5 unspecified atom stereocenters. The first-order valence-corrected chi connectivity index (χ1v) is 18.7. The highest BCUT2D eigenvalue weighted by Crippen LogP contribution is 2.42. The fourth-order valence-corrected chi connectivity index (χ4v) is 6.48. The Labute approximate surface area is 371 Å². The summed E-state index contributed by atoms with van der Waals surface area (Å²) in [6.07, 6.45) is -12.3. The zero-order valence-corrected chi connectivity index (χ0v) is 33.4. The van der Waals surface area contributed by atoms with Gasteiger partial charge in [-0.2, -0.15) is 0 Å². The minimum atomic E-state index is -2.41. The zero-order valence-electron chi connectivity index (χ0n) is 33.4. The summed E-state index contributed by atoms with van der Waals surface area (Å²) in [6.45, 7) is -1.17. The van der Waals surface area contributed by atoms with E-state index in [2.05, 4.69) is 0 Å². The van der Waals surface area contributed by atoms with Gasteiger partial charge in [0.2, 0.25) is 0 Å². The molecule has 25 heteroatoms. The summed E-state index contributed by atoms with van der Waals surface area (Å²) in [6, 6.07) is 6.09. The molecular weight excluding hydrogens is 904 g/mol. The van der Waals surface area contributed by atoms with Crippen molar-refractivity contribution in [3.63, 3.8) is 0 Å². The molecule has 0 amide bonds. The van der Waals surface area contributed by atoms with Gasteiger partial charge in [0.1, 0.15) is 18.8 Å². The third kappa shape index (κ3) is 9.75. The molecule has 5 aromatic rings. The minimum Gasteiger partial charge on any atom is -0.504 e. The van der Waals surface area contributed by atoms with Crippen molar-refractivity contribution in [1.29, 1.82) is 0 Å². The number of carbonyl (C=O) groups is 5. The largest absolute Gasteiger partial charge is 0.504 e. The van der Waals surface area contributed by atoms with E-state index in [-0.39, 0.29) is 0 Å². The van der Waals surface area contributed by atoms with E-state index in [1.807, 2.05) is 0 Å². The topological polar surface area (TPSA) is 435 Å². The van der Waals surface area contributed by atoms with Gasteiger partial charge >= 0.3 is 23.9 Å². The predicted octanol–water partition coefficient (Wildman–Crippen LogP) is 2.14. The van der Waals surface area contributed by atoms with Crippen LogP contribution in [0.3, 0.4) is 0 Å². The molecule has 1 aliphatic heterocycles. The Morgan fingerprint density at radius 2 is 0.612 bits per heavy atom. The van der Waals surface area contributed by atoms with E-state index < -0.39 is 187 Å². The zero-order chi connectivity index (χ0) is 49.3. The minimum absolute atomic E-state index is 0.561. The first-order chi connectivity index (χ1) is 31.4. The Hall–Kier alpha value is -9.39. The van der Waals surface area contributed by atoms with E-state index in [0.717, 1.165) is 0 Å². The lowest BCUT2D eigenvalue weighted by molar-refractivity contribution is -0.227. The van der Waals surface area contributed by atoms with Crippen molar-refractivity contribution in [2.24, 2.45) is 0 Å². The molecule has 352 valence electrons. The molecule has 5 aromatic carbocycles. The van der Waals surface area contributed by atoms with Crippen LogP contribution in [0.4, 0.5) is 0 Å². The van der Waals surface area contributed by atoms with E-state index in [4.69, 9.17) is 23.7 Å². The van der Waals surface area contributed by atoms with Gasteiger partial charge in [-0.25, -0.2) is 19.2 Å².